The maximum absolute atomic E-state index is 5.65. The van der Waals surface area contributed by atoms with Crippen molar-refractivity contribution in [3.63, 3.8) is 0 Å². The third-order valence-electron chi connectivity index (χ3n) is 5.37. The average molecular weight is 389 g/mol. The van der Waals surface area contributed by atoms with Gasteiger partial charge in [-0.05, 0) is 49.2 Å². The van der Waals surface area contributed by atoms with Crippen molar-refractivity contribution in [2.24, 2.45) is 0 Å². The normalized spacial score (nSPS) is 13.3. The van der Waals surface area contributed by atoms with Crippen LogP contribution < -0.4 is 19.5 Å². The molecule has 0 unspecified atom stereocenters. The molecule has 1 atom stereocenters. The Balaban J connectivity index is 1.51. The van der Waals surface area contributed by atoms with Crippen molar-refractivity contribution < 1.29 is 14.2 Å². The van der Waals surface area contributed by atoms with Crippen LogP contribution in [0.2, 0.25) is 0 Å². The van der Waals surface area contributed by atoms with E-state index in [0.717, 1.165) is 36.8 Å². The molecule has 0 saturated carbocycles. The van der Waals surface area contributed by atoms with Crippen LogP contribution in [-0.2, 0) is 6.54 Å². The average Bonchev–Trinajstić information content (AvgIpc) is 3.23. The monoisotopic (exact) mass is 389 g/mol. The molecule has 0 radical (unpaired) electrons. The van der Waals surface area contributed by atoms with Crippen LogP contribution in [0.5, 0.6) is 17.2 Å². The lowest BCUT2D eigenvalue weighted by Gasteiger charge is -2.21. The van der Waals surface area contributed by atoms with Crippen molar-refractivity contribution in [2.75, 3.05) is 20.4 Å². The van der Waals surface area contributed by atoms with Crippen molar-refractivity contribution in [1.82, 2.24) is 5.32 Å². The van der Waals surface area contributed by atoms with E-state index in [9.17, 15) is 0 Å². The van der Waals surface area contributed by atoms with Gasteiger partial charge in [0, 0.05) is 18.0 Å². The van der Waals surface area contributed by atoms with Crippen LogP contribution >= 0.6 is 0 Å². The van der Waals surface area contributed by atoms with Crippen LogP contribution in [0, 0.1) is 6.92 Å². The molecular formula is C25H27NO3. The standard InChI is InChI=1S/C25H27NO3/c1-18-7-9-19(10-8-18)16-26-14-13-21(22-5-3-4-6-23(22)27-2)20-11-12-24-25(15-20)29-17-28-24/h3-12,15,21,26H,13-14,16-17H2,1-2H3/t21-/m0/s1. The Morgan fingerprint density at radius 1 is 0.966 bits per heavy atom. The number of hydrogen-bond acceptors (Lipinski definition) is 4. The molecule has 29 heavy (non-hydrogen) atoms. The van der Waals surface area contributed by atoms with Crippen LogP contribution in [0.4, 0.5) is 0 Å². The number of rotatable bonds is 8. The lowest BCUT2D eigenvalue weighted by molar-refractivity contribution is 0.174. The number of hydrogen-bond donors (Lipinski definition) is 1. The molecule has 0 spiro atoms. The van der Waals surface area contributed by atoms with Gasteiger partial charge in [0.25, 0.3) is 0 Å². The molecule has 0 aromatic heterocycles. The van der Waals surface area contributed by atoms with Crippen molar-refractivity contribution in [1.29, 1.82) is 0 Å². The summed E-state index contributed by atoms with van der Waals surface area (Å²) in [4.78, 5) is 0. The van der Waals surface area contributed by atoms with E-state index >= 15 is 0 Å². The summed E-state index contributed by atoms with van der Waals surface area (Å²) in [5, 5.41) is 3.58. The molecule has 1 heterocycles. The van der Waals surface area contributed by atoms with E-state index in [-0.39, 0.29) is 12.7 Å². The number of nitrogens with one attached hydrogen (secondary N) is 1. The minimum atomic E-state index is 0.200. The minimum absolute atomic E-state index is 0.200. The zero-order valence-electron chi connectivity index (χ0n) is 17.0. The van der Waals surface area contributed by atoms with Gasteiger partial charge in [0.1, 0.15) is 5.75 Å². The third kappa shape index (κ3) is 4.54. The molecule has 0 saturated heterocycles. The second-order valence-electron chi connectivity index (χ2n) is 7.36. The summed E-state index contributed by atoms with van der Waals surface area (Å²) in [6.45, 7) is 4.15. The number of methoxy groups -OCH3 is 1. The summed E-state index contributed by atoms with van der Waals surface area (Å²) >= 11 is 0. The number of aryl methyl sites for hydroxylation is 1. The van der Waals surface area contributed by atoms with Gasteiger partial charge in [0.15, 0.2) is 11.5 Å². The van der Waals surface area contributed by atoms with Gasteiger partial charge in [-0.25, -0.2) is 0 Å². The first-order valence-electron chi connectivity index (χ1n) is 10.0. The molecule has 4 rings (SSSR count). The van der Waals surface area contributed by atoms with E-state index in [0.29, 0.717) is 0 Å². The quantitative estimate of drug-likeness (QED) is 0.548. The lowest BCUT2D eigenvalue weighted by Crippen LogP contribution is -2.18. The van der Waals surface area contributed by atoms with E-state index in [1.165, 1.54) is 22.3 Å². The molecule has 1 aliphatic rings. The first kappa shape index (κ1) is 19.3. The summed E-state index contributed by atoms with van der Waals surface area (Å²) in [7, 11) is 1.73. The van der Waals surface area contributed by atoms with Crippen LogP contribution in [-0.4, -0.2) is 20.4 Å². The number of benzene rings is 3. The van der Waals surface area contributed by atoms with Crippen molar-refractivity contribution in [3.05, 3.63) is 89.0 Å². The second-order valence-corrected chi connectivity index (χ2v) is 7.36. The molecular weight excluding hydrogens is 362 g/mol. The number of ether oxygens (including phenoxy) is 3. The topological polar surface area (TPSA) is 39.7 Å². The predicted octanol–water partition coefficient (Wildman–Crippen LogP) is 5.04. The second kappa shape index (κ2) is 9.01. The van der Waals surface area contributed by atoms with Crippen LogP contribution in [0.3, 0.4) is 0 Å². The largest absolute Gasteiger partial charge is 0.496 e. The molecule has 4 nitrogen and oxygen atoms in total. The minimum Gasteiger partial charge on any atom is -0.496 e. The third-order valence-corrected chi connectivity index (χ3v) is 5.37. The molecule has 3 aromatic carbocycles. The van der Waals surface area contributed by atoms with Crippen molar-refractivity contribution in [2.45, 2.75) is 25.8 Å². The Morgan fingerprint density at radius 3 is 2.59 bits per heavy atom. The van der Waals surface area contributed by atoms with Gasteiger partial charge in [-0.2, -0.15) is 0 Å². The fourth-order valence-electron chi connectivity index (χ4n) is 3.77. The fraction of sp³-hybridized carbons (Fsp3) is 0.280. The van der Waals surface area contributed by atoms with Gasteiger partial charge >= 0.3 is 0 Å². The van der Waals surface area contributed by atoms with Crippen LogP contribution in [0.25, 0.3) is 0 Å². The van der Waals surface area contributed by atoms with Gasteiger partial charge in [-0.1, -0.05) is 54.1 Å². The fourth-order valence-corrected chi connectivity index (χ4v) is 3.77. The SMILES string of the molecule is COc1ccccc1[C@@H](CCNCc1ccc(C)cc1)c1ccc2c(c1)OCO2. The molecule has 3 aromatic rings. The summed E-state index contributed by atoms with van der Waals surface area (Å²) in [6, 6.07) is 23.1. The van der Waals surface area contributed by atoms with E-state index in [1.54, 1.807) is 7.11 Å². The first-order chi connectivity index (χ1) is 14.2. The lowest BCUT2D eigenvalue weighted by atomic mass is 9.87. The van der Waals surface area contributed by atoms with Gasteiger partial charge in [-0.15, -0.1) is 0 Å². The van der Waals surface area contributed by atoms with E-state index in [2.05, 4.69) is 60.8 Å². The highest BCUT2D eigenvalue weighted by molar-refractivity contribution is 5.49. The Morgan fingerprint density at radius 2 is 1.76 bits per heavy atom. The van der Waals surface area contributed by atoms with Crippen LogP contribution in [0.1, 0.15) is 34.6 Å². The van der Waals surface area contributed by atoms with Crippen LogP contribution in [0.15, 0.2) is 66.7 Å². The summed E-state index contributed by atoms with van der Waals surface area (Å²) < 4.78 is 16.7. The maximum atomic E-state index is 5.65. The highest BCUT2D eigenvalue weighted by Gasteiger charge is 2.21. The van der Waals surface area contributed by atoms with Gasteiger partial charge in [0.2, 0.25) is 6.79 Å². The maximum Gasteiger partial charge on any atom is 0.231 e. The first-order valence-corrected chi connectivity index (χ1v) is 10.0. The summed E-state index contributed by atoms with van der Waals surface area (Å²) in [6.07, 6.45) is 0.950. The molecule has 150 valence electrons. The van der Waals surface area contributed by atoms with Gasteiger partial charge in [-0.3, -0.25) is 0 Å². The molecule has 1 N–H and O–H groups in total. The highest BCUT2D eigenvalue weighted by Crippen LogP contribution is 2.39. The smallest absolute Gasteiger partial charge is 0.231 e. The number of para-hydroxylation sites is 1. The molecule has 0 aliphatic carbocycles. The Hall–Kier alpha value is -2.98. The summed E-state index contributed by atoms with van der Waals surface area (Å²) in [5.74, 6) is 2.74. The molecule has 1 aliphatic heterocycles. The Bertz CT molecular complexity index is 953. The van der Waals surface area contributed by atoms with Crippen molar-refractivity contribution in [3.8, 4) is 17.2 Å². The number of fused-ring (bicyclic) bond motifs is 1. The zero-order valence-corrected chi connectivity index (χ0v) is 17.0. The van der Waals surface area contributed by atoms with E-state index in [4.69, 9.17) is 14.2 Å². The van der Waals surface area contributed by atoms with E-state index in [1.807, 2.05) is 18.2 Å². The van der Waals surface area contributed by atoms with E-state index < -0.39 is 0 Å². The zero-order chi connectivity index (χ0) is 20.1. The molecule has 0 fully saturated rings. The highest BCUT2D eigenvalue weighted by atomic mass is 16.7. The predicted molar refractivity (Wildman–Crippen MR) is 115 cm³/mol. The molecule has 0 bridgehead atoms. The van der Waals surface area contributed by atoms with Gasteiger partial charge < -0.3 is 19.5 Å². The Kier molecular flexibility index (Phi) is 6.01. The van der Waals surface area contributed by atoms with Gasteiger partial charge in [0.05, 0.1) is 7.11 Å². The van der Waals surface area contributed by atoms with Crippen molar-refractivity contribution >= 4 is 0 Å². The molecule has 0 amide bonds. The molecule has 4 heteroatoms. The Labute approximate surface area is 172 Å². The summed E-state index contributed by atoms with van der Waals surface area (Å²) in [5.41, 5.74) is 4.97.